The Morgan fingerprint density at radius 1 is 0.750 bits per heavy atom. The molecule has 10 heteroatoms. The van der Waals surface area contributed by atoms with Gasteiger partial charge < -0.3 is 0 Å². The van der Waals surface area contributed by atoms with E-state index in [1.165, 1.54) is 0 Å². The molecular formula is C14H6Cl2N2O6. The van der Waals surface area contributed by atoms with Crippen LogP contribution in [0.15, 0.2) is 36.4 Å². The van der Waals surface area contributed by atoms with Crippen molar-refractivity contribution in [1.29, 1.82) is 0 Å². The summed E-state index contributed by atoms with van der Waals surface area (Å²) in [5, 5.41) is 21.2. The summed E-state index contributed by atoms with van der Waals surface area (Å²) in [6.45, 7) is 0. The van der Waals surface area contributed by atoms with Gasteiger partial charge in [0.25, 0.3) is 11.4 Å². The molecule has 0 atom stereocenters. The summed E-state index contributed by atoms with van der Waals surface area (Å²) in [6.07, 6.45) is 0. The lowest BCUT2D eigenvalue weighted by molar-refractivity contribution is -0.385. The Bertz CT molecular complexity index is 823. The molecule has 0 aromatic heterocycles. The van der Waals surface area contributed by atoms with Crippen molar-refractivity contribution in [3.05, 3.63) is 77.8 Å². The van der Waals surface area contributed by atoms with Crippen molar-refractivity contribution >= 4 is 46.1 Å². The molecule has 0 saturated carbocycles. The fourth-order valence-electron chi connectivity index (χ4n) is 1.85. The third-order valence-electron chi connectivity index (χ3n) is 3.02. The minimum absolute atomic E-state index is 0.166. The van der Waals surface area contributed by atoms with Gasteiger partial charge in [-0.3, -0.25) is 29.8 Å². The number of hydrogen-bond donors (Lipinski definition) is 0. The highest BCUT2D eigenvalue weighted by Crippen LogP contribution is 2.27. The first kappa shape index (κ1) is 17.5. The van der Waals surface area contributed by atoms with Gasteiger partial charge in [0.1, 0.15) is 0 Å². The van der Waals surface area contributed by atoms with Gasteiger partial charge in [-0.1, -0.05) is 23.2 Å². The zero-order chi connectivity index (χ0) is 18.0. The van der Waals surface area contributed by atoms with Crippen molar-refractivity contribution in [3.63, 3.8) is 0 Å². The van der Waals surface area contributed by atoms with Crippen molar-refractivity contribution in [3.8, 4) is 0 Å². The summed E-state index contributed by atoms with van der Waals surface area (Å²) in [5.41, 5.74) is -1.64. The number of nitro benzene ring substituents is 2. The molecular weight excluding hydrogens is 363 g/mol. The standard InChI is InChI=1S/C14H6Cl2N2O6/c15-11-3-1-7(17(21)22)5-9(11)13(19)14(20)10-6-8(18(23)24)2-4-12(10)16/h1-6H. The van der Waals surface area contributed by atoms with Crippen LogP contribution in [0.5, 0.6) is 0 Å². The van der Waals surface area contributed by atoms with Crippen LogP contribution in [0.2, 0.25) is 10.0 Å². The summed E-state index contributed by atoms with van der Waals surface area (Å²) in [5.74, 6) is -2.32. The van der Waals surface area contributed by atoms with Crippen LogP contribution >= 0.6 is 23.2 Å². The van der Waals surface area contributed by atoms with Crippen molar-refractivity contribution in [2.45, 2.75) is 0 Å². The Balaban J connectivity index is 2.49. The molecule has 0 fully saturated rings. The molecule has 0 radical (unpaired) electrons. The summed E-state index contributed by atoms with van der Waals surface area (Å²) >= 11 is 11.6. The third kappa shape index (κ3) is 3.39. The summed E-state index contributed by atoms with van der Waals surface area (Å²) < 4.78 is 0. The quantitative estimate of drug-likeness (QED) is 0.341. The lowest BCUT2D eigenvalue weighted by Crippen LogP contribution is -2.16. The summed E-state index contributed by atoms with van der Waals surface area (Å²) in [7, 11) is 0. The highest BCUT2D eigenvalue weighted by Gasteiger charge is 2.26. The van der Waals surface area contributed by atoms with Gasteiger partial charge in [-0.05, 0) is 12.1 Å². The molecule has 0 aliphatic heterocycles. The second kappa shape index (κ2) is 6.73. The van der Waals surface area contributed by atoms with Crippen molar-refractivity contribution in [1.82, 2.24) is 0 Å². The largest absolute Gasteiger partial charge is 0.285 e. The minimum Gasteiger partial charge on any atom is -0.285 e. The molecule has 0 bridgehead atoms. The van der Waals surface area contributed by atoms with Crippen LogP contribution in [0.4, 0.5) is 11.4 Å². The zero-order valence-electron chi connectivity index (χ0n) is 11.6. The van der Waals surface area contributed by atoms with E-state index in [-0.39, 0.29) is 10.0 Å². The maximum absolute atomic E-state index is 12.3. The van der Waals surface area contributed by atoms with Gasteiger partial charge in [-0.15, -0.1) is 0 Å². The van der Waals surface area contributed by atoms with Gasteiger partial charge in [0, 0.05) is 24.3 Å². The smallest absolute Gasteiger partial charge is 0.270 e. The van der Waals surface area contributed by atoms with E-state index in [0.29, 0.717) is 0 Å². The Morgan fingerprint density at radius 3 is 1.38 bits per heavy atom. The molecule has 0 heterocycles. The Morgan fingerprint density at radius 2 is 1.08 bits per heavy atom. The van der Waals surface area contributed by atoms with E-state index < -0.39 is 43.9 Å². The summed E-state index contributed by atoms with van der Waals surface area (Å²) in [4.78, 5) is 44.6. The minimum atomic E-state index is -1.16. The molecule has 2 aromatic rings. The number of benzene rings is 2. The van der Waals surface area contributed by atoms with E-state index in [4.69, 9.17) is 23.2 Å². The molecule has 0 unspecified atom stereocenters. The monoisotopic (exact) mass is 368 g/mol. The first-order valence-electron chi connectivity index (χ1n) is 6.19. The number of carbonyl (C=O) groups is 2. The second-order valence-corrected chi connectivity index (χ2v) is 5.32. The number of rotatable bonds is 5. The number of non-ortho nitro benzene ring substituents is 2. The number of halogens is 2. The van der Waals surface area contributed by atoms with Crippen LogP contribution < -0.4 is 0 Å². The Labute approximate surface area is 143 Å². The first-order valence-corrected chi connectivity index (χ1v) is 6.95. The van der Waals surface area contributed by atoms with Gasteiger partial charge in [-0.2, -0.15) is 0 Å². The highest BCUT2D eigenvalue weighted by molar-refractivity contribution is 6.54. The normalized spacial score (nSPS) is 10.2. The van der Waals surface area contributed by atoms with Gasteiger partial charge in [-0.25, -0.2) is 0 Å². The second-order valence-electron chi connectivity index (χ2n) is 4.50. The lowest BCUT2D eigenvalue weighted by Gasteiger charge is -2.05. The number of Topliss-reactive ketones (excluding diaryl/α,β-unsaturated/α-hetero) is 2. The van der Waals surface area contributed by atoms with Gasteiger partial charge in [0.05, 0.1) is 31.0 Å². The molecule has 0 spiro atoms. The average molecular weight is 369 g/mol. The van der Waals surface area contributed by atoms with E-state index in [1.807, 2.05) is 0 Å². The van der Waals surface area contributed by atoms with Crippen LogP contribution in [0.3, 0.4) is 0 Å². The van der Waals surface area contributed by atoms with E-state index in [1.54, 1.807) is 0 Å². The number of hydrogen-bond acceptors (Lipinski definition) is 6. The number of carbonyl (C=O) groups excluding carboxylic acids is 2. The number of nitro groups is 2. The topological polar surface area (TPSA) is 120 Å². The molecule has 0 N–H and O–H groups in total. The Hall–Kier alpha value is -2.84. The van der Waals surface area contributed by atoms with Crippen molar-refractivity contribution < 1.29 is 19.4 Å². The fourth-order valence-corrected chi connectivity index (χ4v) is 2.25. The Kier molecular flexibility index (Phi) is 4.91. The van der Waals surface area contributed by atoms with Crippen LogP contribution in [0, 0.1) is 20.2 Å². The molecule has 24 heavy (non-hydrogen) atoms. The van der Waals surface area contributed by atoms with Gasteiger partial charge >= 0.3 is 0 Å². The predicted molar refractivity (Wildman–Crippen MR) is 84.9 cm³/mol. The van der Waals surface area contributed by atoms with Gasteiger partial charge in [0.2, 0.25) is 11.6 Å². The van der Waals surface area contributed by atoms with E-state index in [2.05, 4.69) is 0 Å². The molecule has 122 valence electrons. The predicted octanol–water partition coefficient (Wildman–Crippen LogP) is 3.88. The van der Waals surface area contributed by atoms with Crippen LogP contribution in [0.25, 0.3) is 0 Å². The van der Waals surface area contributed by atoms with Crippen LogP contribution in [0.1, 0.15) is 20.7 Å². The number of nitrogens with zero attached hydrogens (tertiary/aromatic N) is 2. The molecule has 0 aliphatic rings. The van der Waals surface area contributed by atoms with E-state index in [0.717, 1.165) is 36.4 Å². The number of ketones is 2. The molecule has 0 amide bonds. The van der Waals surface area contributed by atoms with Crippen molar-refractivity contribution in [2.24, 2.45) is 0 Å². The van der Waals surface area contributed by atoms with E-state index >= 15 is 0 Å². The van der Waals surface area contributed by atoms with Gasteiger partial charge in [0.15, 0.2) is 0 Å². The third-order valence-corrected chi connectivity index (χ3v) is 3.68. The average Bonchev–Trinajstić information content (AvgIpc) is 2.54. The fraction of sp³-hybridized carbons (Fsp3) is 0. The first-order chi connectivity index (χ1) is 11.2. The summed E-state index contributed by atoms with van der Waals surface area (Å²) in [6, 6.07) is 6.07. The maximum atomic E-state index is 12.3. The lowest BCUT2D eigenvalue weighted by atomic mass is 10.0. The maximum Gasteiger partial charge on any atom is 0.270 e. The molecule has 2 rings (SSSR count). The molecule has 2 aromatic carbocycles. The SMILES string of the molecule is O=C(C(=O)c1cc([N+](=O)[O-])ccc1Cl)c1cc([N+](=O)[O-])ccc1Cl. The van der Waals surface area contributed by atoms with E-state index in [9.17, 15) is 29.8 Å². The zero-order valence-corrected chi connectivity index (χ0v) is 13.1. The molecule has 0 aliphatic carbocycles. The van der Waals surface area contributed by atoms with Crippen LogP contribution in [-0.2, 0) is 0 Å². The van der Waals surface area contributed by atoms with Crippen molar-refractivity contribution in [2.75, 3.05) is 0 Å². The highest BCUT2D eigenvalue weighted by atomic mass is 35.5. The molecule has 8 nitrogen and oxygen atoms in total. The molecule has 0 saturated heterocycles. The van der Waals surface area contributed by atoms with Crippen LogP contribution in [-0.4, -0.2) is 21.4 Å².